The third-order valence-electron chi connectivity index (χ3n) is 4.31. The van der Waals surface area contributed by atoms with Gasteiger partial charge in [-0.2, -0.15) is 0 Å². The summed E-state index contributed by atoms with van der Waals surface area (Å²) in [4.78, 5) is 0. The molecule has 1 saturated heterocycles. The molecular weight excluding hydrogens is 234 g/mol. The van der Waals surface area contributed by atoms with Gasteiger partial charge in [0.25, 0.3) is 0 Å². The maximum Gasteiger partial charge on any atom is 0.0510 e. The summed E-state index contributed by atoms with van der Waals surface area (Å²) in [5.41, 5.74) is 0. The van der Waals surface area contributed by atoms with Gasteiger partial charge < -0.3 is 10.1 Å². The number of hydrogen-bond acceptors (Lipinski definition) is 2. The molecule has 2 unspecified atom stereocenters. The van der Waals surface area contributed by atoms with Crippen LogP contribution in [0, 0.1) is 5.92 Å². The highest BCUT2D eigenvalue weighted by Gasteiger charge is 2.24. The largest absolute Gasteiger partial charge is 0.381 e. The van der Waals surface area contributed by atoms with Crippen LogP contribution in [0.15, 0.2) is 0 Å². The molecule has 1 fully saturated rings. The molecule has 1 heterocycles. The van der Waals surface area contributed by atoms with E-state index < -0.39 is 0 Å². The van der Waals surface area contributed by atoms with Crippen LogP contribution in [0.25, 0.3) is 0 Å². The molecule has 2 nitrogen and oxygen atoms in total. The SMILES string of the molecule is CCCCCCCCCC(NCCC)C1CCOC1. The van der Waals surface area contributed by atoms with Crippen LogP contribution in [0.4, 0.5) is 0 Å². The Bertz CT molecular complexity index is 190. The summed E-state index contributed by atoms with van der Waals surface area (Å²) in [6.07, 6.45) is 13.7. The number of rotatable bonds is 12. The van der Waals surface area contributed by atoms with E-state index >= 15 is 0 Å². The fraction of sp³-hybridized carbons (Fsp3) is 1.00. The Morgan fingerprint density at radius 2 is 1.74 bits per heavy atom. The summed E-state index contributed by atoms with van der Waals surface area (Å²) in [7, 11) is 0. The van der Waals surface area contributed by atoms with Crippen LogP contribution in [0.1, 0.15) is 78.1 Å². The summed E-state index contributed by atoms with van der Waals surface area (Å²) in [5.74, 6) is 0.770. The lowest BCUT2D eigenvalue weighted by Gasteiger charge is -2.23. The van der Waals surface area contributed by atoms with Crippen LogP contribution < -0.4 is 5.32 Å². The first-order valence-electron chi connectivity index (χ1n) is 8.69. The van der Waals surface area contributed by atoms with Crippen LogP contribution in [0.3, 0.4) is 0 Å². The van der Waals surface area contributed by atoms with E-state index in [0.717, 1.165) is 25.7 Å². The molecule has 1 N–H and O–H groups in total. The fourth-order valence-corrected chi connectivity index (χ4v) is 3.03. The van der Waals surface area contributed by atoms with Gasteiger partial charge in [-0.1, -0.05) is 58.8 Å². The van der Waals surface area contributed by atoms with Gasteiger partial charge in [0, 0.05) is 12.6 Å². The predicted octanol–water partition coefficient (Wildman–Crippen LogP) is 4.53. The third kappa shape index (κ3) is 7.94. The Morgan fingerprint density at radius 1 is 1.00 bits per heavy atom. The highest BCUT2D eigenvalue weighted by molar-refractivity contribution is 4.79. The second-order valence-electron chi connectivity index (χ2n) is 6.09. The summed E-state index contributed by atoms with van der Waals surface area (Å²) >= 11 is 0. The van der Waals surface area contributed by atoms with Crippen molar-refractivity contribution in [3.8, 4) is 0 Å². The Hall–Kier alpha value is -0.0800. The van der Waals surface area contributed by atoms with Crippen molar-refractivity contribution in [2.75, 3.05) is 19.8 Å². The molecular formula is C17H35NO. The van der Waals surface area contributed by atoms with Crippen LogP contribution in [0.5, 0.6) is 0 Å². The average molecular weight is 269 g/mol. The Labute approximate surface area is 120 Å². The van der Waals surface area contributed by atoms with E-state index in [0.29, 0.717) is 6.04 Å². The summed E-state index contributed by atoms with van der Waals surface area (Å²) in [6.45, 7) is 7.66. The molecule has 0 aliphatic carbocycles. The van der Waals surface area contributed by atoms with Gasteiger partial charge in [0.15, 0.2) is 0 Å². The van der Waals surface area contributed by atoms with E-state index in [4.69, 9.17) is 4.74 Å². The molecule has 0 aromatic rings. The number of hydrogen-bond donors (Lipinski definition) is 1. The fourth-order valence-electron chi connectivity index (χ4n) is 3.03. The van der Waals surface area contributed by atoms with E-state index in [1.807, 2.05) is 0 Å². The molecule has 0 bridgehead atoms. The first-order valence-corrected chi connectivity index (χ1v) is 8.69. The molecule has 0 aromatic carbocycles. The highest BCUT2D eigenvalue weighted by atomic mass is 16.5. The molecule has 1 aliphatic heterocycles. The van der Waals surface area contributed by atoms with Gasteiger partial charge in [0.05, 0.1) is 6.61 Å². The van der Waals surface area contributed by atoms with Gasteiger partial charge >= 0.3 is 0 Å². The maximum atomic E-state index is 5.55. The molecule has 0 spiro atoms. The molecule has 0 radical (unpaired) electrons. The first-order chi connectivity index (χ1) is 9.38. The van der Waals surface area contributed by atoms with Gasteiger partial charge in [-0.3, -0.25) is 0 Å². The zero-order valence-electron chi connectivity index (χ0n) is 13.3. The van der Waals surface area contributed by atoms with Gasteiger partial charge in [-0.25, -0.2) is 0 Å². The van der Waals surface area contributed by atoms with Crippen molar-refractivity contribution in [1.29, 1.82) is 0 Å². The molecule has 0 aromatic heterocycles. The smallest absolute Gasteiger partial charge is 0.0510 e. The van der Waals surface area contributed by atoms with E-state index in [1.54, 1.807) is 0 Å². The molecule has 0 amide bonds. The minimum atomic E-state index is 0.707. The second-order valence-corrected chi connectivity index (χ2v) is 6.09. The Balaban J connectivity index is 2.06. The van der Waals surface area contributed by atoms with Crippen molar-refractivity contribution in [2.24, 2.45) is 5.92 Å². The quantitative estimate of drug-likeness (QED) is 0.525. The number of nitrogens with one attached hydrogen (secondary N) is 1. The lowest BCUT2D eigenvalue weighted by atomic mass is 9.93. The molecule has 2 atom stereocenters. The normalized spacial score (nSPS) is 20.8. The zero-order valence-corrected chi connectivity index (χ0v) is 13.3. The molecule has 2 heteroatoms. The Morgan fingerprint density at radius 3 is 2.37 bits per heavy atom. The zero-order chi connectivity index (χ0) is 13.8. The summed E-state index contributed by atoms with van der Waals surface area (Å²) in [6, 6.07) is 0.707. The first kappa shape index (κ1) is 17.0. The maximum absolute atomic E-state index is 5.55. The third-order valence-corrected chi connectivity index (χ3v) is 4.31. The topological polar surface area (TPSA) is 21.3 Å². The van der Waals surface area contributed by atoms with Crippen molar-refractivity contribution < 1.29 is 4.74 Å². The molecule has 1 aliphatic rings. The number of ether oxygens (including phenoxy) is 1. The van der Waals surface area contributed by atoms with Crippen molar-refractivity contribution in [3.63, 3.8) is 0 Å². The van der Waals surface area contributed by atoms with Gasteiger partial charge in [0.1, 0.15) is 0 Å². The lowest BCUT2D eigenvalue weighted by molar-refractivity contribution is 0.174. The Kier molecular flexibility index (Phi) is 10.5. The molecule has 19 heavy (non-hydrogen) atoms. The van der Waals surface area contributed by atoms with E-state index in [-0.39, 0.29) is 0 Å². The summed E-state index contributed by atoms with van der Waals surface area (Å²) < 4.78 is 5.55. The van der Waals surface area contributed by atoms with Crippen molar-refractivity contribution in [3.05, 3.63) is 0 Å². The molecule has 1 rings (SSSR count). The van der Waals surface area contributed by atoms with E-state index in [9.17, 15) is 0 Å². The average Bonchev–Trinajstić information content (AvgIpc) is 2.95. The minimum absolute atomic E-state index is 0.707. The van der Waals surface area contributed by atoms with Crippen LogP contribution in [-0.4, -0.2) is 25.8 Å². The van der Waals surface area contributed by atoms with Crippen molar-refractivity contribution >= 4 is 0 Å². The standard InChI is InChI=1S/C17H35NO/c1-3-5-6-7-8-9-10-11-17(18-13-4-2)16-12-14-19-15-16/h16-18H,3-15H2,1-2H3. The van der Waals surface area contributed by atoms with E-state index in [1.165, 1.54) is 64.2 Å². The van der Waals surface area contributed by atoms with Crippen LogP contribution in [-0.2, 0) is 4.74 Å². The van der Waals surface area contributed by atoms with Gasteiger partial charge in [-0.15, -0.1) is 0 Å². The monoisotopic (exact) mass is 269 g/mol. The van der Waals surface area contributed by atoms with Crippen molar-refractivity contribution in [1.82, 2.24) is 5.32 Å². The molecule has 0 saturated carbocycles. The van der Waals surface area contributed by atoms with Gasteiger partial charge in [-0.05, 0) is 31.7 Å². The second kappa shape index (κ2) is 11.7. The summed E-state index contributed by atoms with van der Waals surface area (Å²) in [5, 5.41) is 3.74. The van der Waals surface area contributed by atoms with E-state index in [2.05, 4.69) is 19.2 Å². The lowest BCUT2D eigenvalue weighted by Crippen LogP contribution is -2.37. The minimum Gasteiger partial charge on any atom is -0.381 e. The number of unbranched alkanes of at least 4 members (excludes halogenated alkanes) is 6. The van der Waals surface area contributed by atoms with Gasteiger partial charge in [0.2, 0.25) is 0 Å². The molecule has 114 valence electrons. The highest BCUT2D eigenvalue weighted by Crippen LogP contribution is 2.21. The van der Waals surface area contributed by atoms with Crippen LogP contribution >= 0.6 is 0 Å². The van der Waals surface area contributed by atoms with Crippen LogP contribution in [0.2, 0.25) is 0 Å². The predicted molar refractivity (Wildman–Crippen MR) is 83.6 cm³/mol. The van der Waals surface area contributed by atoms with Crippen molar-refractivity contribution in [2.45, 2.75) is 84.1 Å².